The number of hydrogen-bond acceptors (Lipinski definition) is 8. The molecule has 0 fully saturated rings. The lowest BCUT2D eigenvalue weighted by molar-refractivity contribution is 0.381. The molecule has 7 aromatic carbocycles. The van der Waals surface area contributed by atoms with Gasteiger partial charge in [0.1, 0.15) is 40.2 Å². The molecule has 0 aliphatic heterocycles. The van der Waals surface area contributed by atoms with Crippen LogP contribution in [0.3, 0.4) is 0 Å². The highest BCUT2D eigenvalue weighted by atomic mass is 31.2. The molecule has 0 bridgehead atoms. The quantitative estimate of drug-likeness (QED) is 0.118. The first kappa shape index (κ1) is 45.1. The summed E-state index contributed by atoms with van der Waals surface area (Å²) in [5.74, 6) is 3.95. The molecule has 7 rings (SSSR count). The highest BCUT2D eigenvalue weighted by Crippen LogP contribution is 2.42. The van der Waals surface area contributed by atoms with Gasteiger partial charge in [-0.25, -0.2) is 0 Å². The lowest BCUT2D eigenvalue weighted by atomic mass is 10.3. The summed E-state index contributed by atoms with van der Waals surface area (Å²) in [7, 11) is -3.52. The second-order valence-corrected chi connectivity index (χ2v) is 12.0. The summed E-state index contributed by atoms with van der Waals surface area (Å²) in [6.07, 6.45) is 0. The third kappa shape index (κ3) is 20.7. The summed E-state index contributed by atoms with van der Waals surface area (Å²) in [4.78, 5) is 9.58. The van der Waals surface area contributed by atoms with Crippen molar-refractivity contribution in [3.63, 3.8) is 0 Å². The Kier molecular flexibility index (Phi) is 23.3. The monoisotopic (exact) mass is 778 g/mol. The standard InChI is InChI=1S/C18H15O3P.C12H11O3P.2C6H6O.C2H6.CH4/c1-4-10-16(11-5-1)19-22(20-17-12-6-2-7-13-17)21-18-14-8-3-9-15-18;13-16(14-11-7-3-1-4-8-11)15-12-9-5-2-6-10-12;2*7-6-4-2-1-3-5-6;1-2;/h1-15H;1-10,13H;2*1-5,7H;1-2H3;1H4. The van der Waals surface area contributed by atoms with Crippen LogP contribution in [-0.2, 0) is 0 Å². The minimum Gasteiger partial charge on any atom is -0.508 e. The Balaban J connectivity index is 0.000000275. The van der Waals surface area contributed by atoms with Crippen molar-refractivity contribution in [2.45, 2.75) is 21.3 Å². The van der Waals surface area contributed by atoms with Crippen LogP contribution in [0.5, 0.6) is 40.2 Å². The molecule has 8 nitrogen and oxygen atoms in total. The zero-order valence-electron chi connectivity index (χ0n) is 30.0. The van der Waals surface area contributed by atoms with Crippen LogP contribution < -0.4 is 22.6 Å². The van der Waals surface area contributed by atoms with Gasteiger partial charge in [0.15, 0.2) is 0 Å². The molecule has 0 amide bonds. The third-order valence-electron chi connectivity index (χ3n) is 6.14. The Hall–Kier alpha value is -6.04. The molecule has 0 atom stereocenters. The fourth-order valence-corrected chi connectivity index (χ4v) is 5.41. The number of phenolic OH excluding ortho intramolecular Hbond substituents is 2. The van der Waals surface area contributed by atoms with Crippen LogP contribution in [0.1, 0.15) is 21.3 Å². The van der Waals surface area contributed by atoms with E-state index in [0.717, 1.165) is 0 Å². The van der Waals surface area contributed by atoms with E-state index >= 15 is 0 Å². The average molecular weight is 779 g/mol. The number of rotatable bonds is 10. The van der Waals surface area contributed by atoms with Crippen LogP contribution in [0.25, 0.3) is 0 Å². The lowest BCUT2D eigenvalue weighted by Gasteiger charge is -2.17. The minimum atomic E-state index is -1.93. The molecule has 3 N–H and O–H groups in total. The predicted molar refractivity (Wildman–Crippen MR) is 226 cm³/mol. The van der Waals surface area contributed by atoms with Crippen molar-refractivity contribution < 1.29 is 37.7 Å². The zero-order chi connectivity index (χ0) is 38.5. The third-order valence-corrected chi connectivity index (χ3v) is 7.95. The van der Waals surface area contributed by atoms with Crippen LogP contribution in [0.15, 0.2) is 212 Å². The second-order valence-electron chi connectivity index (χ2n) is 10.2. The molecule has 55 heavy (non-hydrogen) atoms. The highest BCUT2D eigenvalue weighted by Gasteiger charge is 2.19. The van der Waals surface area contributed by atoms with Gasteiger partial charge in [-0.3, -0.25) is 0 Å². The maximum Gasteiger partial charge on any atom is 0.530 e. The SMILES string of the molecule is C.CC.OP(Oc1ccccc1)Oc1ccccc1.Oc1ccccc1.Oc1ccccc1.c1ccc(OP(Oc2ccccc2)Oc2ccccc2)cc1. The Labute approximate surface area is 327 Å². The van der Waals surface area contributed by atoms with E-state index in [1.54, 1.807) is 72.8 Å². The molecular weight excluding hydrogens is 730 g/mol. The van der Waals surface area contributed by atoms with Gasteiger partial charge in [0.2, 0.25) is 0 Å². The largest absolute Gasteiger partial charge is 0.530 e. The van der Waals surface area contributed by atoms with Gasteiger partial charge in [-0.2, -0.15) is 0 Å². The second kappa shape index (κ2) is 28.5. The highest BCUT2D eigenvalue weighted by molar-refractivity contribution is 7.43. The van der Waals surface area contributed by atoms with E-state index in [0.29, 0.717) is 40.2 Å². The van der Waals surface area contributed by atoms with Crippen LogP contribution in [0, 0.1) is 0 Å². The maximum atomic E-state index is 9.58. The first-order chi connectivity index (χ1) is 26.5. The van der Waals surface area contributed by atoms with Crippen LogP contribution in [0.4, 0.5) is 0 Å². The van der Waals surface area contributed by atoms with E-state index in [2.05, 4.69) is 0 Å². The predicted octanol–water partition coefficient (Wildman–Crippen LogP) is 13.3. The number of benzene rings is 7. The van der Waals surface area contributed by atoms with Crippen LogP contribution in [-0.4, -0.2) is 15.1 Å². The van der Waals surface area contributed by atoms with Crippen LogP contribution >= 0.6 is 17.2 Å². The fraction of sp³-hybridized carbons (Fsp3) is 0.0667. The van der Waals surface area contributed by atoms with Crippen molar-refractivity contribution in [2.24, 2.45) is 0 Å². The van der Waals surface area contributed by atoms with Gasteiger partial charge in [0, 0.05) is 0 Å². The molecule has 0 saturated heterocycles. The van der Waals surface area contributed by atoms with Crippen molar-refractivity contribution in [2.75, 3.05) is 0 Å². The van der Waals surface area contributed by atoms with E-state index in [1.807, 2.05) is 153 Å². The minimum absolute atomic E-state index is 0. The lowest BCUT2D eigenvalue weighted by Crippen LogP contribution is -2.02. The molecule has 0 spiro atoms. The van der Waals surface area contributed by atoms with Crippen molar-refractivity contribution >= 4 is 17.2 Å². The topological polar surface area (TPSA) is 107 Å². The molecule has 286 valence electrons. The summed E-state index contributed by atoms with van der Waals surface area (Å²) >= 11 is 0. The summed E-state index contributed by atoms with van der Waals surface area (Å²) < 4.78 is 28.0. The fourth-order valence-electron chi connectivity index (χ4n) is 3.78. The number of hydrogen-bond donors (Lipinski definition) is 3. The van der Waals surface area contributed by atoms with Crippen LogP contribution in [0.2, 0.25) is 0 Å². The first-order valence-corrected chi connectivity index (χ1v) is 19.2. The molecule has 10 heteroatoms. The Morgan fingerprint density at radius 1 is 0.309 bits per heavy atom. The van der Waals surface area contributed by atoms with Crippen molar-refractivity contribution in [3.8, 4) is 40.2 Å². The summed E-state index contributed by atoms with van der Waals surface area (Å²) in [6, 6.07) is 64.1. The summed E-state index contributed by atoms with van der Waals surface area (Å²) in [5, 5.41) is 17.3. The normalized spacial score (nSPS) is 9.33. The first-order valence-electron chi connectivity index (χ1n) is 17.0. The molecule has 0 aromatic heterocycles. The number of phenols is 2. The Bertz CT molecular complexity index is 1700. The van der Waals surface area contributed by atoms with Gasteiger partial charge in [-0.1, -0.05) is 149 Å². The van der Waals surface area contributed by atoms with Gasteiger partial charge in [0.25, 0.3) is 0 Å². The van der Waals surface area contributed by atoms with Gasteiger partial charge in [-0.15, -0.1) is 0 Å². The van der Waals surface area contributed by atoms with Crippen molar-refractivity contribution in [1.82, 2.24) is 0 Å². The van der Waals surface area contributed by atoms with Crippen molar-refractivity contribution in [1.29, 1.82) is 0 Å². The number of aromatic hydroxyl groups is 2. The van der Waals surface area contributed by atoms with Crippen molar-refractivity contribution in [3.05, 3.63) is 212 Å². The van der Waals surface area contributed by atoms with E-state index in [4.69, 9.17) is 32.8 Å². The van der Waals surface area contributed by atoms with Gasteiger partial charge in [-0.05, 0) is 84.9 Å². The molecule has 7 aromatic rings. The zero-order valence-corrected chi connectivity index (χ0v) is 31.8. The maximum absolute atomic E-state index is 9.58. The van der Waals surface area contributed by atoms with Gasteiger partial charge < -0.3 is 37.7 Å². The Morgan fingerprint density at radius 2 is 0.491 bits per heavy atom. The van der Waals surface area contributed by atoms with Gasteiger partial charge in [0.05, 0.1) is 0 Å². The Morgan fingerprint density at radius 3 is 0.673 bits per heavy atom. The van der Waals surface area contributed by atoms with E-state index in [9.17, 15) is 4.89 Å². The molecular formula is C45H48O8P2. The van der Waals surface area contributed by atoms with Gasteiger partial charge >= 0.3 is 17.2 Å². The van der Waals surface area contributed by atoms with E-state index in [1.165, 1.54) is 0 Å². The summed E-state index contributed by atoms with van der Waals surface area (Å²) in [6.45, 7) is 4.00. The average Bonchev–Trinajstić information content (AvgIpc) is 3.22. The molecule has 0 aliphatic rings. The molecule has 0 unspecified atom stereocenters. The molecule has 0 heterocycles. The van der Waals surface area contributed by atoms with E-state index < -0.39 is 17.2 Å². The summed E-state index contributed by atoms with van der Waals surface area (Å²) in [5.41, 5.74) is 0. The van der Waals surface area contributed by atoms with E-state index in [-0.39, 0.29) is 7.43 Å². The molecule has 0 saturated carbocycles. The number of para-hydroxylation sites is 7. The smallest absolute Gasteiger partial charge is 0.508 e. The molecule has 0 aliphatic carbocycles. The molecule has 0 radical (unpaired) electrons.